The highest BCUT2D eigenvalue weighted by Crippen LogP contribution is 2.45. The van der Waals surface area contributed by atoms with Crippen molar-refractivity contribution in [2.75, 3.05) is 39.6 Å². The number of hydrogen-bond acceptors (Lipinski definition) is 15. The Labute approximate surface area is 626 Å². The molecule has 0 aromatic carbocycles. The largest absolute Gasteiger partial charge is 0.472 e. The van der Waals surface area contributed by atoms with Gasteiger partial charge < -0.3 is 33.8 Å². The number of esters is 4. The van der Waals surface area contributed by atoms with E-state index in [4.69, 9.17) is 37.0 Å². The van der Waals surface area contributed by atoms with E-state index < -0.39 is 97.5 Å². The molecule has 0 rings (SSSR count). The molecule has 19 heteroatoms. The topological polar surface area (TPSA) is 237 Å². The molecule has 0 aliphatic carbocycles. The fraction of sp³-hybridized carbons (Fsp3) is 0.952. The fourth-order valence-electron chi connectivity index (χ4n) is 12.9. The minimum absolute atomic E-state index is 0.107. The number of unbranched alkanes of at least 4 members (excludes halogenated alkanes) is 52. The Morgan fingerprint density at radius 1 is 0.265 bits per heavy atom. The summed E-state index contributed by atoms with van der Waals surface area (Å²) in [6.07, 6.45) is 65.8. The molecule has 0 bridgehead atoms. The Hall–Kier alpha value is -1.94. The summed E-state index contributed by atoms with van der Waals surface area (Å²) in [4.78, 5) is 72.8. The van der Waals surface area contributed by atoms with Crippen LogP contribution >= 0.6 is 15.6 Å². The van der Waals surface area contributed by atoms with Gasteiger partial charge >= 0.3 is 39.5 Å². The molecule has 0 amide bonds. The summed E-state index contributed by atoms with van der Waals surface area (Å²) in [6.45, 7) is 9.61. The number of phosphoric acid groups is 2. The van der Waals surface area contributed by atoms with Gasteiger partial charge in [-0.3, -0.25) is 37.3 Å². The second kappa shape index (κ2) is 74.5. The zero-order chi connectivity index (χ0) is 74.9. The Balaban J connectivity index is 5.11. The van der Waals surface area contributed by atoms with Crippen molar-refractivity contribution >= 4 is 39.5 Å². The molecule has 17 nitrogen and oxygen atoms in total. The zero-order valence-electron chi connectivity index (χ0n) is 66.9. The second-order valence-electron chi connectivity index (χ2n) is 30.8. The van der Waals surface area contributed by atoms with Crippen LogP contribution in [0.4, 0.5) is 0 Å². The van der Waals surface area contributed by atoms with Crippen molar-refractivity contribution in [2.24, 2.45) is 11.8 Å². The summed E-state index contributed by atoms with van der Waals surface area (Å²) in [5.41, 5.74) is 0. The summed E-state index contributed by atoms with van der Waals surface area (Å²) < 4.78 is 68.5. The molecule has 0 aliphatic rings. The maximum Gasteiger partial charge on any atom is 0.472 e. The maximum absolute atomic E-state index is 13.1. The van der Waals surface area contributed by atoms with Gasteiger partial charge in [0.1, 0.15) is 19.3 Å². The van der Waals surface area contributed by atoms with E-state index in [1.165, 1.54) is 250 Å². The van der Waals surface area contributed by atoms with E-state index in [-0.39, 0.29) is 25.7 Å². The molecule has 102 heavy (non-hydrogen) atoms. The van der Waals surface area contributed by atoms with E-state index in [1.54, 1.807) is 0 Å². The first-order valence-electron chi connectivity index (χ1n) is 43.0. The number of aliphatic hydroxyl groups is 1. The van der Waals surface area contributed by atoms with Gasteiger partial charge in [-0.15, -0.1) is 0 Å². The van der Waals surface area contributed by atoms with E-state index in [0.29, 0.717) is 25.7 Å². The van der Waals surface area contributed by atoms with Crippen molar-refractivity contribution < 1.29 is 80.2 Å². The van der Waals surface area contributed by atoms with Gasteiger partial charge in [-0.25, -0.2) is 9.13 Å². The van der Waals surface area contributed by atoms with Gasteiger partial charge in [0.2, 0.25) is 0 Å². The summed E-state index contributed by atoms with van der Waals surface area (Å²) in [7, 11) is -9.91. The van der Waals surface area contributed by atoms with E-state index in [9.17, 15) is 43.2 Å². The lowest BCUT2D eigenvalue weighted by Crippen LogP contribution is -2.30. The monoisotopic (exact) mass is 1490 g/mol. The summed E-state index contributed by atoms with van der Waals surface area (Å²) in [5, 5.41) is 10.6. The van der Waals surface area contributed by atoms with Gasteiger partial charge in [-0.2, -0.15) is 0 Å². The Morgan fingerprint density at radius 2 is 0.451 bits per heavy atom. The third-order valence-electron chi connectivity index (χ3n) is 19.5. The molecule has 0 fully saturated rings. The molecular formula is C83H162O17P2. The minimum atomic E-state index is -4.96. The van der Waals surface area contributed by atoms with Crippen LogP contribution in [0.5, 0.6) is 0 Å². The van der Waals surface area contributed by atoms with Gasteiger partial charge in [0, 0.05) is 25.7 Å². The highest BCUT2D eigenvalue weighted by atomic mass is 31.2. The van der Waals surface area contributed by atoms with Gasteiger partial charge in [-0.1, -0.05) is 388 Å². The lowest BCUT2D eigenvalue weighted by molar-refractivity contribution is -0.161. The SMILES string of the molecule is CCCCCCCCCCCCCCCCCCCCCCCC(=O)O[C@H](COC(=O)CCCCCCCCCCCCCCCCCCC(C)C)COP(=O)(O)OC[C@@H](O)COP(=O)(O)OC[C@@H](COC(=O)CCCCCCC)OC(=O)CCCCCCCCCCCCCCCCC(C)C. The standard InChI is InChI=1S/C83H162O17P2/c1-7-9-11-13-14-15-16-17-18-19-20-21-22-23-28-34-39-44-49-55-62-68-83(88)100-79(72-94-81(86)66-60-54-48-43-38-33-27-25-24-26-31-36-41-46-52-57-63-75(3)4)74-98-102(91,92)96-70-77(84)69-95-101(89,90)97-73-78(71-93-80(85)65-59-51-12-10-8-2)99-82(87)67-61-56-50-45-40-35-30-29-32-37-42-47-53-58-64-76(5)6/h75-79,84H,7-74H2,1-6H3,(H,89,90)(H,91,92)/t77-,78+,79+/m0/s1. The first-order valence-corrected chi connectivity index (χ1v) is 46.0. The number of hydrogen-bond donors (Lipinski definition) is 3. The Bertz CT molecular complexity index is 1960. The molecule has 3 N–H and O–H groups in total. The van der Waals surface area contributed by atoms with Crippen molar-refractivity contribution in [2.45, 2.75) is 458 Å². The van der Waals surface area contributed by atoms with Crippen molar-refractivity contribution in [3.05, 3.63) is 0 Å². The lowest BCUT2D eigenvalue weighted by Gasteiger charge is -2.21. The third-order valence-corrected chi connectivity index (χ3v) is 21.4. The first-order chi connectivity index (χ1) is 49.4. The normalized spacial score (nSPS) is 13.9. The van der Waals surface area contributed by atoms with Crippen LogP contribution in [0.15, 0.2) is 0 Å². The molecule has 606 valence electrons. The maximum atomic E-state index is 13.1. The molecule has 0 saturated carbocycles. The minimum Gasteiger partial charge on any atom is -0.462 e. The highest BCUT2D eigenvalue weighted by Gasteiger charge is 2.30. The molecule has 0 saturated heterocycles. The smallest absolute Gasteiger partial charge is 0.462 e. The van der Waals surface area contributed by atoms with Crippen LogP contribution in [-0.4, -0.2) is 96.7 Å². The Morgan fingerprint density at radius 3 is 0.667 bits per heavy atom. The number of carbonyl (C=O) groups is 4. The van der Waals surface area contributed by atoms with E-state index >= 15 is 0 Å². The molecule has 5 atom stereocenters. The van der Waals surface area contributed by atoms with E-state index in [2.05, 4.69) is 41.5 Å². The molecule has 0 radical (unpaired) electrons. The number of ether oxygens (including phenoxy) is 4. The lowest BCUT2D eigenvalue weighted by atomic mass is 10.0. The second-order valence-corrected chi connectivity index (χ2v) is 33.7. The average Bonchev–Trinajstić information content (AvgIpc) is 0.914. The van der Waals surface area contributed by atoms with Crippen molar-refractivity contribution in [3.8, 4) is 0 Å². The fourth-order valence-corrected chi connectivity index (χ4v) is 14.5. The predicted octanol–water partition coefficient (Wildman–Crippen LogP) is 25.1. The van der Waals surface area contributed by atoms with Gasteiger partial charge in [0.15, 0.2) is 12.2 Å². The number of carbonyl (C=O) groups excluding carboxylic acids is 4. The summed E-state index contributed by atoms with van der Waals surface area (Å²) in [6, 6.07) is 0. The number of rotatable bonds is 82. The van der Waals surface area contributed by atoms with Crippen LogP contribution < -0.4 is 0 Å². The third kappa shape index (κ3) is 76.3. The van der Waals surface area contributed by atoms with E-state index in [1.807, 2.05) is 0 Å². The summed E-state index contributed by atoms with van der Waals surface area (Å²) in [5.74, 6) is -0.510. The van der Waals surface area contributed by atoms with Crippen molar-refractivity contribution in [3.63, 3.8) is 0 Å². The zero-order valence-corrected chi connectivity index (χ0v) is 68.7. The van der Waals surface area contributed by atoms with Crippen LogP contribution in [0, 0.1) is 11.8 Å². The van der Waals surface area contributed by atoms with Crippen LogP contribution in [0.1, 0.15) is 440 Å². The number of aliphatic hydroxyl groups excluding tert-OH is 1. The van der Waals surface area contributed by atoms with Crippen molar-refractivity contribution in [1.82, 2.24) is 0 Å². The van der Waals surface area contributed by atoms with Gasteiger partial charge in [0.25, 0.3) is 0 Å². The Kier molecular flexibility index (Phi) is 73.1. The van der Waals surface area contributed by atoms with Crippen LogP contribution in [0.25, 0.3) is 0 Å². The van der Waals surface area contributed by atoms with Gasteiger partial charge in [-0.05, 0) is 37.5 Å². The van der Waals surface area contributed by atoms with Crippen LogP contribution in [-0.2, 0) is 65.4 Å². The first kappa shape index (κ1) is 100. The quantitative estimate of drug-likeness (QED) is 0.0222. The molecule has 0 spiro atoms. The summed E-state index contributed by atoms with van der Waals surface area (Å²) >= 11 is 0. The highest BCUT2D eigenvalue weighted by molar-refractivity contribution is 7.47. The average molecular weight is 1490 g/mol. The molecular weight excluding hydrogens is 1330 g/mol. The molecule has 2 unspecified atom stereocenters. The van der Waals surface area contributed by atoms with Crippen molar-refractivity contribution in [1.29, 1.82) is 0 Å². The van der Waals surface area contributed by atoms with E-state index in [0.717, 1.165) is 108 Å². The molecule has 0 aromatic rings. The predicted molar refractivity (Wildman–Crippen MR) is 418 cm³/mol. The molecule has 0 heterocycles. The molecule has 0 aromatic heterocycles. The van der Waals surface area contributed by atoms with Gasteiger partial charge in [0.05, 0.1) is 26.4 Å². The van der Waals surface area contributed by atoms with Crippen LogP contribution in [0.3, 0.4) is 0 Å². The number of phosphoric ester groups is 2. The molecule has 0 aliphatic heterocycles. The van der Waals surface area contributed by atoms with Crippen LogP contribution in [0.2, 0.25) is 0 Å².